The normalized spacial score (nSPS) is 10.4. The number of carbonyl (C=O) groups is 1. The molecule has 20 heavy (non-hydrogen) atoms. The first-order valence-corrected chi connectivity index (χ1v) is 6.46. The van der Waals surface area contributed by atoms with Gasteiger partial charge in [-0.2, -0.15) is 0 Å². The SMILES string of the molecule is Cc1cc(F)ccc1NC(=O)c1cc(Cl)c(N)c(Cl)c1. The van der Waals surface area contributed by atoms with Crippen LogP contribution in [0.15, 0.2) is 30.3 Å². The zero-order valence-electron chi connectivity index (χ0n) is 10.5. The summed E-state index contributed by atoms with van der Waals surface area (Å²) in [7, 11) is 0. The van der Waals surface area contributed by atoms with E-state index in [4.69, 9.17) is 28.9 Å². The van der Waals surface area contributed by atoms with Crippen molar-refractivity contribution in [3.8, 4) is 0 Å². The molecule has 1 amide bonds. The van der Waals surface area contributed by atoms with Crippen LogP contribution in [0.1, 0.15) is 15.9 Å². The van der Waals surface area contributed by atoms with Gasteiger partial charge in [0.15, 0.2) is 0 Å². The number of benzene rings is 2. The van der Waals surface area contributed by atoms with Gasteiger partial charge < -0.3 is 11.1 Å². The second kappa shape index (κ2) is 5.69. The molecule has 0 aliphatic heterocycles. The third-order valence-corrected chi connectivity index (χ3v) is 3.40. The van der Waals surface area contributed by atoms with Gasteiger partial charge in [-0.1, -0.05) is 23.2 Å². The Balaban J connectivity index is 2.28. The molecule has 0 fully saturated rings. The summed E-state index contributed by atoms with van der Waals surface area (Å²) in [6.45, 7) is 1.70. The fourth-order valence-corrected chi connectivity index (χ4v) is 2.16. The first-order chi connectivity index (χ1) is 9.38. The Morgan fingerprint density at radius 1 is 1.20 bits per heavy atom. The molecule has 0 aliphatic rings. The van der Waals surface area contributed by atoms with Gasteiger partial charge in [-0.3, -0.25) is 4.79 Å². The third-order valence-electron chi connectivity index (χ3n) is 2.78. The van der Waals surface area contributed by atoms with E-state index in [-0.39, 0.29) is 27.1 Å². The number of hydrogen-bond donors (Lipinski definition) is 2. The van der Waals surface area contributed by atoms with Crippen LogP contribution in [0.2, 0.25) is 10.0 Å². The molecule has 3 N–H and O–H groups in total. The molecule has 0 aliphatic carbocycles. The molecule has 0 bridgehead atoms. The highest BCUT2D eigenvalue weighted by Gasteiger charge is 2.12. The summed E-state index contributed by atoms with van der Waals surface area (Å²) in [5.74, 6) is -0.761. The first kappa shape index (κ1) is 14.6. The Kier molecular flexibility index (Phi) is 4.16. The summed E-state index contributed by atoms with van der Waals surface area (Å²) in [6, 6.07) is 6.95. The van der Waals surface area contributed by atoms with Gasteiger partial charge in [-0.05, 0) is 42.8 Å². The number of aryl methyl sites for hydroxylation is 1. The average molecular weight is 313 g/mol. The Labute approximate surface area is 125 Å². The van der Waals surface area contributed by atoms with E-state index in [1.54, 1.807) is 6.92 Å². The molecule has 0 aromatic heterocycles. The molecular formula is C14H11Cl2FN2O. The standard InChI is InChI=1S/C14H11Cl2FN2O/c1-7-4-9(17)2-3-12(7)19-14(20)8-5-10(15)13(18)11(16)6-8/h2-6H,18H2,1H3,(H,19,20). The predicted octanol–water partition coefficient (Wildman–Crippen LogP) is 4.28. The number of nitrogens with one attached hydrogen (secondary N) is 1. The topological polar surface area (TPSA) is 55.1 Å². The molecule has 6 heteroatoms. The van der Waals surface area contributed by atoms with Gasteiger partial charge >= 0.3 is 0 Å². The van der Waals surface area contributed by atoms with Crippen molar-refractivity contribution in [2.24, 2.45) is 0 Å². The minimum atomic E-state index is -0.400. The molecule has 0 spiro atoms. The zero-order valence-corrected chi connectivity index (χ0v) is 12.0. The number of rotatable bonds is 2. The summed E-state index contributed by atoms with van der Waals surface area (Å²) >= 11 is 11.8. The van der Waals surface area contributed by atoms with Crippen LogP contribution in [-0.4, -0.2) is 5.91 Å². The van der Waals surface area contributed by atoms with E-state index in [1.165, 1.54) is 30.3 Å². The number of amides is 1. The van der Waals surface area contributed by atoms with Crippen LogP contribution in [0.3, 0.4) is 0 Å². The number of nitrogens with two attached hydrogens (primary N) is 1. The lowest BCUT2D eigenvalue weighted by Gasteiger charge is -2.10. The Morgan fingerprint density at radius 3 is 2.35 bits per heavy atom. The fourth-order valence-electron chi connectivity index (χ4n) is 1.68. The maximum Gasteiger partial charge on any atom is 0.255 e. The van der Waals surface area contributed by atoms with Crippen LogP contribution >= 0.6 is 23.2 Å². The van der Waals surface area contributed by atoms with E-state index in [9.17, 15) is 9.18 Å². The van der Waals surface area contributed by atoms with Gasteiger partial charge in [0.25, 0.3) is 5.91 Å². The Bertz CT molecular complexity index is 666. The number of anilines is 2. The molecule has 0 saturated heterocycles. The number of carbonyl (C=O) groups excluding carboxylic acids is 1. The summed E-state index contributed by atoms with van der Waals surface area (Å²) < 4.78 is 13.0. The van der Waals surface area contributed by atoms with Crippen LogP contribution in [0.5, 0.6) is 0 Å². The fraction of sp³-hybridized carbons (Fsp3) is 0.0714. The molecule has 2 rings (SSSR count). The largest absolute Gasteiger partial charge is 0.396 e. The van der Waals surface area contributed by atoms with Crippen molar-refractivity contribution in [2.75, 3.05) is 11.1 Å². The molecular weight excluding hydrogens is 302 g/mol. The lowest BCUT2D eigenvalue weighted by Crippen LogP contribution is -2.13. The van der Waals surface area contributed by atoms with Crippen LogP contribution < -0.4 is 11.1 Å². The lowest BCUT2D eigenvalue weighted by molar-refractivity contribution is 0.102. The number of halogens is 3. The van der Waals surface area contributed by atoms with Crippen LogP contribution in [-0.2, 0) is 0 Å². The highest BCUT2D eigenvalue weighted by molar-refractivity contribution is 6.39. The van der Waals surface area contributed by atoms with Crippen molar-refractivity contribution >= 4 is 40.5 Å². The van der Waals surface area contributed by atoms with Gasteiger partial charge in [0, 0.05) is 11.3 Å². The van der Waals surface area contributed by atoms with Crippen molar-refractivity contribution in [3.05, 3.63) is 57.3 Å². The van der Waals surface area contributed by atoms with Gasteiger partial charge in [-0.25, -0.2) is 4.39 Å². The monoisotopic (exact) mass is 312 g/mol. The Hall–Kier alpha value is -1.78. The predicted molar refractivity (Wildman–Crippen MR) is 80.0 cm³/mol. The summed E-state index contributed by atoms with van der Waals surface area (Å²) in [5, 5.41) is 3.08. The minimum Gasteiger partial charge on any atom is -0.396 e. The third kappa shape index (κ3) is 3.03. The smallest absolute Gasteiger partial charge is 0.255 e. The van der Waals surface area contributed by atoms with Crippen LogP contribution in [0.25, 0.3) is 0 Å². The van der Waals surface area contributed by atoms with Crippen molar-refractivity contribution in [1.29, 1.82) is 0 Å². The van der Waals surface area contributed by atoms with Gasteiger partial charge in [0.1, 0.15) is 5.82 Å². The first-order valence-electron chi connectivity index (χ1n) is 5.70. The van der Waals surface area contributed by atoms with Gasteiger partial charge in [-0.15, -0.1) is 0 Å². The van der Waals surface area contributed by atoms with E-state index in [2.05, 4.69) is 5.32 Å². The van der Waals surface area contributed by atoms with Gasteiger partial charge in [0.2, 0.25) is 0 Å². The molecule has 2 aromatic rings. The van der Waals surface area contributed by atoms with Crippen LogP contribution in [0.4, 0.5) is 15.8 Å². The highest BCUT2D eigenvalue weighted by Crippen LogP contribution is 2.29. The average Bonchev–Trinajstić information content (AvgIpc) is 2.38. The molecule has 3 nitrogen and oxygen atoms in total. The molecule has 0 atom stereocenters. The maximum atomic E-state index is 13.0. The van der Waals surface area contributed by atoms with E-state index in [0.717, 1.165) is 0 Å². The number of hydrogen-bond acceptors (Lipinski definition) is 2. The molecule has 0 saturated carbocycles. The van der Waals surface area contributed by atoms with E-state index >= 15 is 0 Å². The summed E-state index contributed by atoms with van der Waals surface area (Å²) in [6.07, 6.45) is 0. The van der Waals surface area contributed by atoms with Crippen molar-refractivity contribution < 1.29 is 9.18 Å². The summed E-state index contributed by atoms with van der Waals surface area (Å²) in [5.41, 5.74) is 7.24. The lowest BCUT2D eigenvalue weighted by atomic mass is 10.1. The molecule has 0 unspecified atom stereocenters. The second-order valence-electron chi connectivity index (χ2n) is 4.27. The summed E-state index contributed by atoms with van der Waals surface area (Å²) in [4.78, 5) is 12.1. The van der Waals surface area contributed by atoms with E-state index in [1.807, 2.05) is 0 Å². The molecule has 0 radical (unpaired) electrons. The van der Waals surface area contributed by atoms with Crippen molar-refractivity contribution in [2.45, 2.75) is 6.92 Å². The van der Waals surface area contributed by atoms with Crippen molar-refractivity contribution in [3.63, 3.8) is 0 Å². The quantitative estimate of drug-likeness (QED) is 0.813. The highest BCUT2D eigenvalue weighted by atomic mass is 35.5. The minimum absolute atomic E-state index is 0.207. The maximum absolute atomic E-state index is 13.0. The van der Waals surface area contributed by atoms with Crippen LogP contribution in [0, 0.1) is 12.7 Å². The number of nitrogen functional groups attached to an aromatic ring is 1. The molecule has 0 heterocycles. The van der Waals surface area contributed by atoms with Gasteiger partial charge in [0.05, 0.1) is 15.7 Å². The zero-order chi connectivity index (χ0) is 14.9. The molecule has 2 aromatic carbocycles. The van der Waals surface area contributed by atoms with E-state index in [0.29, 0.717) is 11.3 Å². The second-order valence-corrected chi connectivity index (χ2v) is 5.08. The molecule has 104 valence electrons. The van der Waals surface area contributed by atoms with Crippen molar-refractivity contribution in [1.82, 2.24) is 0 Å². The Morgan fingerprint density at radius 2 is 1.80 bits per heavy atom. The van der Waals surface area contributed by atoms with E-state index < -0.39 is 5.91 Å².